The maximum absolute atomic E-state index is 12.5. The highest BCUT2D eigenvalue weighted by atomic mass is 19.4. The van der Waals surface area contributed by atoms with E-state index in [2.05, 4.69) is 0 Å². The highest BCUT2D eigenvalue weighted by Crippen LogP contribution is 2.39. The molecule has 0 atom stereocenters. The predicted octanol–water partition coefficient (Wildman–Crippen LogP) is 3.83. The minimum atomic E-state index is -5.48. The fraction of sp³-hybridized carbons (Fsp3) is 0.909. The highest BCUT2D eigenvalue weighted by Gasteiger charge is 2.56. The molecule has 0 aromatic carbocycles. The normalized spacial score (nSPS) is 12.4. The number of rotatable bonds is 7. The number of hydrogen-bond donors (Lipinski definition) is 0. The molecular formula is C11H18F5NO2. The summed E-state index contributed by atoms with van der Waals surface area (Å²) in [7, 11) is 3.03. The molecule has 3 nitrogen and oxygen atoms in total. The van der Waals surface area contributed by atoms with Crippen molar-refractivity contribution < 1.29 is 31.5 Å². The molecule has 0 aliphatic heterocycles. The van der Waals surface area contributed by atoms with Crippen LogP contribution in [0.5, 0.6) is 0 Å². The molecule has 0 saturated heterocycles. The van der Waals surface area contributed by atoms with Crippen LogP contribution in [-0.4, -0.2) is 43.8 Å². The van der Waals surface area contributed by atoms with Gasteiger partial charge in [0.2, 0.25) is 0 Å². The van der Waals surface area contributed by atoms with Crippen LogP contribution in [0.15, 0.2) is 0 Å². The van der Waals surface area contributed by atoms with Crippen LogP contribution in [0.25, 0.3) is 0 Å². The Kier molecular flexibility index (Phi) is 7.07. The van der Waals surface area contributed by atoms with E-state index in [4.69, 9.17) is 4.74 Å². The van der Waals surface area contributed by atoms with E-state index in [9.17, 15) is 26.7 Å². The van der Waals surface area contributed by atoms with E-state index in [1.165, 1.54) is 19.0 Å². The Morgan fingerprint density at radius 2 is 1.53 bits per heavy atom. The quantitative estimate of drug-likeness (QED) is 0.527. The van der Waals surface area contributed by atoms with Crippen LogP contribution in [0.4, 0.5) is 26.7 Å². The van der Waals surface area contributed by atoms with Crippen molar-refractivity contribution in [1.82, 2.24) is 4.90 Å². The van der Waals surface area contributed by atoms with E-state index < -0.39 is 24.6 Å². The number of halogens is 5. The third-order valence-electron chi connectivity index (χ3n) is 2.39. The number of unbranched alkanes of at least 4 members (excludes halogenated alkanes) is 3. The Balaban J connectivity index is 3.59. The van der Waals surface area contributed by atoms with E-state index >= 15 is 0 Å². The van der Waals surface area contributed by atoms with Crippen molar-refractivity contribution >= 4 is 6.09 Å². The summed E-state index contributed by atoms with van der Waals surface area (Å²) in [5.74, 6) is -4.62. The number of amides is 1. The van der Waals surface area contributed by atoms with Gasteiger partial charge in [-0.1, -0.05) is 12.8 Å². The lowest BCUT2D eigenvalue weighted by Gasteiger charge is -2.19. The first kappa shape index (κ1) is 17.9. The molecule has 0 bridgehead atoms. The highest BCUT2D eigenvalue weighted by molar-refractivity contribution is 5.66. The average molecular weight is 291 g/mol. The molecule has 0 radical (unpaired) electrons. The van der Waals surface area contributed by atoms with E-state index in [1.54, 1.807) is 0 Å². The molecule has 0 aromatic rings. The Labute approximate surface area is 108 Å². The molecule has 0 aromatic heterocycles. The molecule has 1 amide bonds. The maximum atomic E-state index is 12.5. The van der Waals surface area contributed by atoms with Crippen molar-refractivity contribution in [3.05, 3.63) is 0 Å². The first-order valence-electron chi connectivity index (χ1n) is 5.86. The Hall–Kier alpha value is -1.08. The second-order valence-electron chi connectivity index (χ2n) is 4.38. The molecule has 0 heterocycles. The number of carbonyl (C=O) groups excluding carboxylic acids is 1. The summed E-state index contributed by atoms with van der Waals surface area (Å²) in [5, 5.41) is 0. The van der Waals surface area contributed by atoms with Gasteiger partial charge in [-0.15, -0.1) is 0 Å². The summed E-state index contributed by atoms with van der Waals surface area (Å²) in [4.78, 5) is 12.2. The van der Waals surface area contributed by atoms with E-state index in [1.807, 2.05) is 0 Å². The molecule has 0 saturated carbocycles. The zero-order chi connectivity index (χ0) is 15.1. The lowest BCUT2D eigenvalue weighted by Crippen LogP contribution is -2.36. The third-order valence-corrected chi connectivity index (χ3v) is 2.39. The van der Waals surface area contributed by atoms with Gasteiger partial charge < -0.3 is 9.64 Å². The molecule has 114 valence electrons. The molecular weight excluding hydrogens is 273 g/mol. The first-order valence-corrected chi connectivity index (χ1v) is 5.86. The second kappa shape index (κ2) is 7.49. The summed E-state index contributed by atoms with van der Waals surface area (Å²) in [6.45, 7) is 0.132. The fourth-order valence-electron chi connectivity index (χ4n) is 1.23. The van der Waals surface area contributed by atoms with Gasteiger partial charge in [-0.05, 0) is 12.8 Å². The van der Waals surface area contributed by atoms with Gasteiger partial charge in [-0.3, -0.25) is 0 Å². The van der Waals surface area contributed by atoms with Gasteiger partial charge in [0.25, 0.3) is 0 Å². The van der Waals surface area contributed by atoms with E-state index in [0.717, 1.165) is 0 Å². The molecule has 0 aliphatic carbocycles. The Bertz CT molecular complexity index is 279. The van der Waals surface area contributed by atoms with Crippen LogP contribution in [0, 0.1) is 0 Å². The van der Waals surface area contributed by atoms with Crippen molar-refractivity contribution in [2.45, 2.75) is 44.2 Å². The number of hydrogen-bond acceptors (Lipinski definition) is 2. The van der Waals surface area contributed by atoms with Gasteiger partial charge in [0.1, 0.15) is 0 Å². The van der Waals surface area contributed by atoms with Crippen molar-refractivity contribution in [3.8, 4) is 0 Å². The summed E-state index contributed by atoms with van der Waals surface area (Å²) < 4.78 is 65.2. The zero-order valence-corrected chi connectivity index (χ0v) is 10.9. The average Bonchev–Trinajstić information content (AvgIpc) is 2.25. The topological polar surface area (TPSA) is 29.5 Å². The number of ether oxygens (including phenoxy) is 1. The van der Waals surface area contributed by atoms with Gasteiger partial charge in [0.05, 0.1) is 6.61 Å². The predicted molar refractivity (Wildman–Crippen MR) is 59.1 cm³/mol. The number of nitrogens with zero attached hydrogens (tertiary/aromatic N) is 1. The molecule has 8 heteroatoms. The SMILES string of the molecule is CN(C)C(=O)OCCCCCCC(F)(F)C(F)(F)F. The smallest absolute Gasteiger partial charge is 0.449 e. The standard InChI is InChI=1S/C11H18F5NO2/c1-17(2)9(18)19-8-6-4-3-5-7-10(12,13)11(14,15)16/h3-8H2,1-2H3. The van der Waals surface area contributed by atoms with Gasteiger partial charge in [0, 0.05) is 20.5 Å². The fourth-order valence-corrected chi connectivity index (χ4v) is 1.23. The monoisotopic (exact) mass is 291 g/mol. The van der Waals surface area contributed by atoms with Crippen LogP contribution in [-0.2, 0) is 4.74 Å². The van der Waals surface area contributed by atoms with Gasteiger partial charge in [-0.2, -0.15) is 22.0 Å². The minimum absolute atomic E-state index is 0.132. The molecule has 19 heavy (non-hydrogen) atoms. The minimum Gasteiger partial charge on any atom is -0.449 e. The third kappa shape index (κ3) is 7.17. The molecule has 0 N–H and O–H groups in total. The van der Waals surface area contributed by atoms with E-state index in [-0.39, 0.29) is 19.4 Å². The van der Waals surface area contributed by atoms with Crippen LogP contribution in [0.1, 0.15) is 32.1 Å². The first-order chi connectivity index (χ1) is 8.58. The van der Waals surface area contributed by atoms with Crippen molar-refractivity contribution in [2.24, 2.45) is 0 Å². The largest absolute Gasteiger partial charge is 0.453 e. The summed E-state index contributed by atoms with van der Waals surface area (Å²) in [5.41, 5.74) is 0. The maximum Gasteiger partial charge on any atom is 0.453 e. The lowest BCUT2D eigenvalue weighted by molar-refractivity contribution is -0.284. The molecule has 0 aliphatic rings. The second-order valence-corrected chi connectivity index (χ2v) is 4.38. The van der Waals surface area contributed by atoms with Gasteiger partial charge >= 0.3 is 18.2 Å². The lowest BCUT2D eigenvalue weighted by atomic mass is 10.1. The van der Waals surface area contributed by atoms with Gasteiger partial charge in [-0.25, -0.2) is 4.79 Å². The van der Waals surface area contributed by atoms with Crippen molar-refractivity contribution in [3.63, 3.8) is 0 Å². The number of alkyl halides is 5. The Morgan fingerprint density at radius 1 is 1.00 bits per heavy atom. The van der Waals surface area contributed by atoms with Crippen LogP contribution >= 0.6 is 0 Å². The molecule has 0 rings (SSSR count). The summed E-state index contributed by atoms with van der Waals surface area (Å²) in [6, 6.07) is 0. The number of carbonyl (C=O) groups is 1. The molecule has 0 spiro atoms. The molecule has 0 unspecified atom stereocenters. The van der Waals surface area contributed by atoms with Crippen LogP contribution in [0.3, 0.4) is 0 Å². The summed E-state index contributed by atoms with van der Waals surface area (Å²) in [6.07, 6.45) is -6.28. The zero-order valence-electron chi connectivity index (χ0n) is 10.9. The summed E-state index contributed by atoms with van der Waals surface area (Å²) >= 11 is 0. The van der Waals surface area contributed by atoms with Crippen molar-refractivity contribution in [1.29, 1.82) is 0 Å². The van der Waals surface area contributed by atoms with Gasteiger partial charge in [0.15, 0.2) is 0 Å². The Morgan fingerprint density at radius 3 is 2.00 bits per heavy atom. The van der Waals surface area contributed by atoms with Crippen LogP contribution < -0.4 is 0 Å². The van der Waals surface area contributed by atoms with E-state index in [0.29, 0.717) is 12.8 Å². The van der Waals surface area contributed by atoms with Crippen molar-refractivity contribution in [2.75, 3.05) is 20.7 Å². The molecule has 0 fully saturated rings. The van der Waals surface area contributed by atoms with Crippen LogP contribution in [0.2, 0.25) is 0 Å².